The minimum Gasteiger partial charge on any atom is -0.465 e. The van der Waals surface area contributed by atoms with Crippen LogP contribution in [0.5, 0.6) is 0 Å². The first-order valence-electron chi connectivity index (χ1n) is 12.6. The molecule has 1 aromatic carbocycles. The van der Waals surface area contributed by atoms with Crippen LogP contribution in [-0.2, 0) is 44.5 Å². The van der Waals surface area contributed by atoms with Crippen LogP contribution in [0.1, 0.15) is 43.8 Å². The summed E-state index contributed by atoms with van der Waals surface area (Å²) in [5.41, 5.74) is 1.13. The van der Waals surface area contributed by atoms with Gasteiger partial charge in [-0.15, -0.1) is 0 Å². The monoisotopic (exact) mass is 624 g/mol. The number of ether oxygens (including phenoxy) is 8. The molecule has 10 nitrogen and oxygen atoms in total. The Morgan fingerprint density at radius 1 is 0.744 bits per heavy atom. The lowest BCUT2D eigenvalue weighted by molar-refractivity contribution is -0.00109. The average Bonchev–Trinajstić information content (AvgIpc) is 3.34. The highest BCUT2D eigenvalue weighted by Crippen LogP contribution is 2.29. The van der Waals surface area contributed by atoms with Gasteiger partial charge < -0.3 is 42.3 Å². The molecule has 1 aromatic heterocycles. The van der Waals surface area contributed by atoms with E-state index in [2.05, 4.69) is 22.9 Å². The molecule has 0 fully saturated rings. The zero-order valence-corrected chi connectivity index (χ0v) is 25.3. The van der Waals surface area contributed by atoms with E-state index in [0.717, 1.165) is 25.0 Å². The van der Waals surface area contributed by atoms with Crippen molar-refractivity contribution in [3.8, 4) is 0 Å². The number of hydrogen-bond acceptors (Lipinski definition) is 10. The van der Waals surface area contributed by atoms with E-state index in [1.165, 1.54) is 7.11 Å². The molecule has 0 N–H and O–H groups in total. The Balaban J connectivity index is 0. The Kier molecular flexibility index (Phi) is 28.4. The number of rotatable bonds is 18. The van der Waals surface area contributed by atoms with Crippen molar-refractivity contribution >= 4 is 32.9 Å². The Morgan fingerprint density at radius 2 is 1.28 bits per heavy atom. The molecule has 1 heterocycles. The second-order valence-electron chi connectivity index (χ2n) is 7.53. The number of carbonyl (C=O) groups is 1. The fourth-order valence-corrected chi connectivity index (χ4v) is 3.27. The molecule has 11 heteroatoms. The molecular formula is C28H49BrO10. The first-order chi connectivity index (χ1) is 18.5. The van der Waals surface area contributed by atoms with Crippen molar-refractivity contribution in [1.82, 2.24) is 0 Å². The molecule has 0 amide bonds. The zero-order chi connectivity index (χ0) is 28.4. The molecule has 0 unspecified atom stereocenters. The van der Waals surface area contributed by atoms with E-state index in [0.29, 0.717) is 80.8 Å². The maximum Gasteiger partial charge on any atom is 0.337 e. The summed E-state index contributed by atoms with van der Waals surface area (Å²) in [5.74, 6) is 0.278. The SMILES string of the molecule is C.CCCOC.CCOCCOC.COCCOCCOCCOCc1cc2cc(C(=O)OC)cc(Br)c2o1. The van der Waals surface area contributed by atoms with Gasteiger partial charge in [0, 0.05) is 39.9 Å². The van der Waals surface area contributed by atoms with Crippen molar-refractivity contribution in [2.24, 2.45) is 0 Å². The lowest BCUT2D eigenvalue weighted by atomic mass is 10.1. The van der Waals surface area contributed by atoms with E-state index in [1.54, 1.807) is 33.5 Å². The van der Waals surface area contributed by atoms with E-state index < -0.39 is 5.97 Å². The Bertz CT molecular complexity index is 822. The molecule has 0 aliphatic rings. The summed E-state index contributed by atoms with van der Waals surface area (Å²) in [6.07, 6.45) is 1.12. The van der Waals surface area contributed by atoms with Crippen LogP contribution >= 0.6 is 15.9 Å². The third kappa shape index (κ3) is 20.0. The molecule has 0 saturated heterocycles. The van der Waals surface area contributed by atoms with Gasteiger partial charge in [-0.1, -0.05) is 14.4 Å². The van der Waals surface area contributed by atoms with Crippen LogP contribution < -0.4 is 0 Å². The summed E-state index contributed by atoms with van der Waals surface area (Å²) < 4.78 is 46.7. The van der Waals surface area contributed by atoms with Gasteiger partial charge in [0.1, 0.15) is 18.0 Å². The molecule has 0 spiro atoms. The first-order valence-corrected chi connectivity index (χ1v) is 13.4. The van der Waals surface area contributed by atoms with Gasteiger partial charge in [0.2, 0.25) is 0 Å². The van der Waals surface area contributed by atoms with E-state index in [1.807, 2.05) is 13.0 Å². The van der Waals surface area contributed by atoms with Crippen molar-refractivity contribution < 1.29 is 47.1 Å². The molecule has 39 heavy (non-hydrogen) atoms. The molecule has 0 saturated carbocycles. The van der Waals surface area contributed by atoms with Crippen LogP contribution in [0.2, 0.25) is 0 Å². The molecule has 2 rings (SSSR count). The number of benzene rings is 1. The molecule has 0 radical (unpaired) electrons. The van der Waals surface area contributed by atoms with Gasteiger partial charge in [-0.3, -0.25) is 0 Å². The summed E-state index contributed by atoms with van der Waals surface area (Å²) in [4.78, 5) is 11.7. The van der Waals surface area contributed by atoms with Crippen LogP contribution in [0, 0.1) is 0 Å². The Labute approximate surface area is 242 Å². The summed E-state index contributed by atoms with van der Waals surface area (Å²) >= 11 is 3.41. The largest absolute Gasteiger partial charge is 0.465 e. The number of hydrogen-bond donors (Lipinski definition) is 0. The van der Waals surface area contributed by atoms with Gasteiger partial charge in [0.25, 0.3) is 0 Å². The Hall–Kier alpha value is -1.57. The normalized spacial score (nSPS) is 10.2. The highest BCUT2D eigenvalue weighted by molar-refractivity contribution is 9.10. The van der Waals surface area contributed by atoms with Crippen molar-refractivity contribution in [1.29, 1.82) is 0 Å². The second-order valence-corrected chi connectivity index (χ2v) is 8.39. The lowest BCUT2D eigenvalue weighted by Crippen LogP contribution is -2.11. The lowest BCUT2D eigenvalue weighted by Gasteiger charge is -2.05. The maximum absolute atomic E-state index is 11.7. The van der Waals surface area contributed by atoms with E-state index in [4.69, 9.17) is 42.3 Å². The number of carbonyl (C=O) groups excluding carboxylic acids is 1. The fourth-order valence-electron chi connectivity index (χ4n) is 2.72. The zero-order valence-electron chi connectivity index (χ0n) is 23.7. The van der Waals surface area contributed by atoms with Crippen molar-refractivity contribution in [2.45, 2.75) is 34.3 Å². The summed E-state index contributed by atoms with van der Waals surface area (Å²) in [5, 5.41) is 0.808. The second kappa shape index (κ2) is 28.0. The van der Waals surface area contributed by atoms with Crippen LogP contribution in [-0.4, -0.2) is 100 Å². The molecule has 0 aliphatic carbocycles. The predicted octanol–water partition coefficient (Wildman–Crippen LogP) is 5.53. The topological polar surface area (TPSA) is 104 Å². The molecule has 0 atom stereocenters. The van der Waals surface area contributed by atoms with Crippen molar-refractivity contribution in [2.75, 3.05) is 94.5 Å². The molecule has 0 aliphatic heterocycles. The number of methoxy groups -OCH3 is 4. The number of fused-ring (bicyclic) bond motifs is 1. The molecular weight excluding hydrogens is 576 g/mol. The third-order valence-corrected chi connectivity index (χ3v) is 5.10. The van der Waals surface area contributed by atoms with Crippen LogP contribution in [0.3, 0.4) is 0 Å². The van der Waals surface area contributed by atoms with Gasteiger partial charge >= 0.3 is 5.97 Å². The van der Waals surface area contributed by atoms with Gasteiger partial charge in [-0.05, 0) is 47.5 Å². The molecule has 2 aromatic rings. The molecule has 228 valence electrons. The quantitative estimate of drug-likeness (QED) is 0.155. The van der Waals surface area contributed by atoms with Crippen molar-refractivity contribution in [3.05, 3.63) is 34.0 Å². The summed E-state index contributed by atoms with van der Waals surface area (Å²) in [6, 6.07) is 5.24. The minimum absolute atomic E-state index is 0. The summed E-state index contributed by atoms with van der Waals surface area (Å²) in [6.45, 7) is 10.6. The van der Waals surface area contributed by atoms with Crippen LogP contribution in [0.15, 0.2) is 27.1 Å². The smallest absolute Gasteiger partial charge is 0.337 e. The highest BCUT2D eigenvalue weighted by Gasteiger charge is 2.13. The average molecular weight is 626 g/mol. The van der Waals surface area contributed by atoms with Gasteiger partial charge in [0.05, 0.1) is 70.0 Å². The molecule has 0 bridgehead atoms. The highest BCUT2D eigenvalue weighted by atomic mass is 79.9. The van der Waals surface area contributed by atoms with Crippen LogP contribution in [0.4, 0.5) is 0 Å². The van der Waals surface area contributed by atoms with Gasteiger partial charge in [-0.2, -0.15) is 0 Å². The van der Waals surface area contributed by atoms with E-state index in [9.17, 15) is 4.79 Å². The predicted molar refractivity (Wildman–Crippen MR) is 156 cm³/mol. The van der Waals surface area contributed by atoms with E-state index in [-0.39, 0.29) is 7.43 Å². The first kappa shape index (κ1) is 39.6. The van der Waals surface area contributed by atoms with Crippen LogP contribution in [0.25, 0.3) is 11.0 Å². The van der Waals surface area contributed by atoms with E-state index >= 15 is 0 Å². The number of furan rings is 1. The van der Waals surface area contributed by atoms with Crippen molar-refractivity contribution in [3.63, 3.8) is 0 Å². The Morgan fingerprint density at radius 3 is 1.77 bits per heavy atom. The number of esters is 1. The minimum atomic E-state index is -0.394. The third-order valence-electron chi connectivity index (χ3n) is 4.51. The summed E-state index contributed by atoms with van der Waals surface area (Å²) in [7, 11) is 6.36. The number of halogens is 1. The van der Waals surface area contributed by atoms with Gasteiger partial charge in [0.15, 0.2) is 0 Å². The maximum atomic E-state index is 11.7. The van der Waals surface area contributed by atoms with Gasteiger partial charge in [-0.25, -0.2) is 4.79 Å². The fraction of sp³-hybridized carbons (Fsp3) is 0.679. The standard InChI is InChI=1S/C18H23BrO7.C5H12O2.C4H10O.CH4/c1-21-3-4-23-5-6-24-7-8-25-12-15-10-13-9-14(18(20)22-2)11-16(19)17(13)26-15;1-3-7-5-4-6-2;1-3-4-5-2;/h9-11H,3-8,12H2,1-2H3;3-5H2,1-2H3;3-4H2,1-2H3;1H4.